The predicted octanol–water partition coefficient (Wildman–Crippen LogP) is -0.858. The molecule has 58 valence electrons. The van der Waals surface area contributed by atoms with E-state index in [1.54, 1.807) is 14.0 Å². The molecule has 2 atom stereocenters. The molecule has 0 amide bonds. The fraction of sp³-hybridized carbons (Fsp3) is 0.800. The van der Waals surface area contributed by atoms with Crippen LogP contribution >= 0.6 is 11.8 Å². The third-order valence-electron chi connectivity index (χ3n) is 1.68. The van der Waals surface area contributed by atoms with Crippen molar-refractivity contribution < 1.29 is 9.90 Å². The minimum atomic E-state index is -1.50. The number of hydrogen-bond donors (Lipinski definition) is 2. The Hall–Kier alpha value is -0.100. The Kier molecular flexibility index (Phi) is 1.76. The average molecular weight is 162 g/mol. The third-order valence-corrected chi connectivity index (χ3v) is 2.81. The maximum absolute atomic E-state index is 10.9. The molecule has 1 saturated heterocycles. The first-order chi connectivity index (χ1) is 4.45. The fourth-order valence-electron chi connectivity index (χ4n) is 0.741. The van der Waals surface area contributed by atoms with Gasteiger partial charge >= 0.3 is 0 Å². The van der Waals surface area contributed by atoms with Crippen molar-refractivity contribution >= 4 is 16.9 Å². The molecule has 0 aromatic carbocycles. The zero-order valence-electron chi connectivity index (χ0n) is 5.87. The van der Waals surface area contributed by atoms with E-state index in [1.165, 1.54) is 4.90 Å². The first kappa shape index (κ1) is 8.00. The van der Waals surface area contributed by atoms with E-state index in [9.17, 15) is 9.90 Å². The molecule has 1 fully saturated rings. The van der Waals surface area contributed by atoms with Gasteiger partial charge in [0.1, 0.15) is 0 Å². The molecular weight excluding hydrogens is 152 g/mol. The molecule has 4 nitrogen and oxygen atoms in total. The molecule has 0 saturated carbocycles. The van der Waals surface area contributed by atoms with Crippen LogP contribution in [0.1, 0.15) is 6.92 Å². The standard InChI is InChI=1S/C5H10N2O2S/c1-3-4(8)10-5(6,9)7(3)2/h3,9H,6H2,1-2H3. The number of carbonyl (C=O) groups is 1. The Balaban J connectivity index is 2.81. The molecule has 5 heteroatoms. The van der Waals surface area contributed by atoms with Crippen molar-refractivity contribution in [1.82, 2.24) is 4.90 Å². The number of thioether (sulfide) groups is 1. The maximum atomic E-state index is 10.9. The highest BCUT2D eigenvalue weighted by Gasteiger charge is 2.44. The van der Waals surface area contributed by atoms with Crippen LogP contribution in [0.15, 0.2) is 0 Å². The van der Waals surface area contributed by atoms with E-state index in [-0.39, 0.29) is 11.2 Å². The van der Waals surface area contributed by atoms with Crippen LogP contribution in [-0.4, -0.2) is 33.4 Å². The second kappa shape index (κ2) is 2.20. The van der Waals surface area contributed by atoms with E-state index in [1.807, 2.05) is 0 Å². The van der Waals surface area contributed by atoms with Crippen LogP contribution in [0.5, 0.6) is 0 Å². The third kappa shape index (κ3) is 1.05. The smallest absolute Gasteiger partial charge is 0.230 e. The molecule has 0 radical (unpaired) electrons. The molecule has 10 heavy (non-hydrogen) atoms. The van der Waals surface area contributed by atoms with Gasteiger partial charge in [0.25, 0.3) is 0 Å². The number of nitrogens with two attached hydrogens (primary N) is 1. The number of nitrogens with zero attached hydrogens (tertiary/aromatic N) is 1. The molecule has 2 unspecified atom stereocenters. The molecule has 0 spiro atoms. The second-order valence-corrected chi connectivity index (χ2v) is 3.57. The fourth-order valence-corrected chi connectivity index (χ4v) is 1.67. The van der Waals surface area contributed by atoms with E-state index in [2.05, 4.69) is 0 Å². The van der Waals surface area contributed by atoms with Crippen molar-refractivity contribution in [2.75, 3.05) is 7.05 Å². The summed E-state index contributed by atoms with van der Waals surface area (Å²) in [6.07, 6.45) is 0. The van der Waals surface area contributed by atoms with Gasteiger partial charge in [-0.25, -0.2) is 4.90 Å². The predicted molar refractivity (Wildman–Crippen MR) is 39.0 cm³/mol. The zero-order chi connectivity index (χ0) is 7.94. The molecule has 1 rings (SSSR count). The van der Waals surface area contributed by atoms with Gasteiger partial charge in [0, 0.05) is 0 Å². The molecule has 1 heterocycles. The minimum Gasteiger partial charge on any atom is -0.354 e. The van der Waals surface area contributed by atoms with Crippen molar-refractivity contribution in [3.8, 4) is 0 Å². The molecule has 1 aliphatic heterocycles. The number of carbonyl (C=O) groups excluding carboxylic acids is 1. The van der Waals surface area contributed by atoms with Gasteiger partial charge in [-0.1, -0.05) is 0 Å². The molecule has 0 aliphatic carbocycles. The Bertz CT molecular complexity index is 171. The van der Waals surface area contributed by atoms with Gasteiger partial charge in [0.2, 0.25) is 10.3 Å². The second-order valence-electron chi connectivity index (χ2n) is 2.37. The summed E-state index contributed by atoms with van der Waals surface area (Å²) < 4.78 is 0. The van der Waals surface area contributed by atoms with Crippen LogP contribution < -0.4 is 5.73 Å². The molecule has 0 aromatic rings. The first-order valence-electron chi connectivity index (χ1n) is 2.92. The zero-order valence-corrected chi connectivity index (χ0v) is 6.68. The normalized spacial score (nSPS) is 42.8. The van der Waals surface area contributed by atoms with E-state index >= 15 is 0 Å². The van der Waals surface area contributed by atoms with Crippen LogP contribution in [0.2, 0.25) is 0 Å². The number of hydrogen-bond acceptors (Lipinski definition) is 5. The van der Waals surface area contributed by atoms with Crippen molar-refractivity contribution in [2.45, 2.75) is 18.1 Å². The van der Waals surface area contributed by atoms with E-state index in [0.717, 1.165) is 11.8 Å². The summed E-state index contributed by atoms with van der Waals surface area (Å²) in [5, 5.41) is 7.66. The van der Waals surface area contributed by atoms with E-state index in [0.29, 0.717) is 0 Å². The van der Waals surface area contributed by atoms with E-state index < -0.39 is 5.18 Å². The number of aliphatic hydroxyl groups is 1. The van der Waals surface area contributed by atoms with Gasteiger partial charge in [0.15, 0.2) is 0 Å². The lowest BCUT2D eigenvalue weighted by atomic mass is 10.3. The van der Waals surface area contributed by atoms with Crippen LogP contribution in [0.4, 0.5) is 0 Å². The van der Waals surface area contributed by atoms with Crippen LogP contribution in [-0.2, 0) is 4.79 Å². The van der Waals surface area contributed by atoms with Crippen molar-refractivity contribution in [3.63, 3.8) is 0 Å². The summed E-state index contributed by atoms with van der Waals surface area (Å²) >= 11 is 0.759. The Morgan fingerprint density at radius 3 is 2.50 bits per heavy atom. The summed E-state index contributed by atoms with van der Waals surface area (Å²) in [6, 6.07) is -0.292. The van der Waals surface area contributed by atoms with Gasteiger partial charge in [-0.2, -0.15) is 0 Å². The minimum absolute atomic E-state index is 0.0903. The van der Waals surface area contributed by atoms with Gasteiger partial charge < -0.3 is 5.11 Å². The summed E-state index contributed by atoms with van der Waals surface area (Å²) in [7, 11) is 1.61. The Morgan fingerprint density at radius 1 is 1.90 bits per heavy atom. The largest absolute Gasteiger partial charge is 0.354 e. The molecular formula is C5H10N2O2S. The van der Waals surface area contributed by atoms with Gasteiger partial charge in [-0.3, -0.25) is 10.5 Å². The van der Waals surface area contributed by atoms with Crippen molar-refractivity contribution in [2.24, 2.45) is 5.73 Å². The first-order valence-corrected chi connectivity index (χ1v) is 3.74. The quantitative estimate of drug-likeness (QED) is 0.454. The summed E-state index contributed by atoms with van der Waals surface area (Å²) in [6.45, 7) is 1.71. The van der Waals surface area contributed by atoms with Crippen LogP contribution in [0, 0.1) is 0 Å². The SMILES string of the molecule is CC1C(=O)SC(N)(O)N1C. The monoisotopic (exact) mass is 162 g/mol. The Morgan fingerprint density at radius 2 is 2.40 bits per heavy atom. The maximum Gasteiger partial charge on any atom is 0.230 e. The summed E-state index contributed by atoms with van der Waals surface area (Å²) in [4.78, 5) is 12.3. The highest BCUT2D eigenvalue weighted by molar-refractivity contribution is 8.15. The number of likely N-dealkylation sites (N-methyl/N-ethyl adjacent to an activating group) is 1. The highest BCUT2D eigenvalue weighted by Crippen LogP contribution is 2.32. The lowest BCUT2D eigenvalue weighted by Gasteiger charge is -2.24. The van der Waals surface area contributed by atoms with E-state index in [4.69, 9.17) is 5.73 Å². The van der Waals surface area contributed by atoms with Gasteiger partial charge in [-0.15, -0.1) is 0 Å². The molecule has 0 bridgehead atoms. The topological polar surface area (TPSA) is 66.6 Å². The molecule has 3 N–H and O–H groups in total. The van der Waals surface area contributed by atoms with Crippen LogP contribution in [0.3, 0.4) is 0 Å². The van der Waals surface area contributed by atoms with Crippen molar-refractivity contribution in [1.29, 1.82) is 0 Å². The molecule has 0 aromatic heterocycles. The molecule has 1 aliphatic rings. The summed E-state index contributed by atoms with van der Waals surface area (Å²) in [5.74, 6) is 0. The highest BCUT2D eigenvalue weighted by atomic mass is 32.2. The Labute approximate surface area is 63.4 Å². The lowest BCUT2D eigenvalue weighted by Crippen LogP contribution is -2.49. The van der Waals surface area contributed by atoms with Crippen molar-refractivity contribution in [3.05, 3.63) is 0 Å². The lowest BCUT2D eigenvalue weighted by molar-refractivity contribution is -0.115. The summed E-state index contributed by atoms with van der Waals surface area (Å²) in [5.41, 5.74) is 5.33. The van der Waals surface area contributed by atoms with Gasteiger partial charge in [0.05, 0.1) is 6.04 Å². The average Bonchev–Trinajstić information content (AvgIpc) is 1.95. The van der Waals surface area contributed by atoms with Crippen LogP contribution in [0.25, 0.3) is 0 Å². The van der Waals surface area contributed by atoms with Gasteiger partial charge in [-0.05, 0) is 25.7 Å². The number of rotatable bonds is 0.